The molecule has 1 unspecified atom stereocenters. The summed E-state index contributed by atoms with van der Waals surface area (Å²) >= 11 is 0. The highest BCUT2D eigenvalue weighted by atomic mass is 15.3. The number of benzene rings is 1. The van der Waals surface area contributed by atoms with E-state index >= 15 is 0 Å². The third-order valence-electron chi connectivity index (χ3n) is 2.84. The summed E-state index contributed by atoms with van der Waals surface area (Å²) in [6.45, 7) is 6.45. The summed E-state index contributed by atoms with van der Waals surface area (Å²) in [5, 5.41) is 8.23. The molecule has 0 spiro atoms. The zero-order valence-corrected chi connectivity index (χ0v) is 9.96. The molecule has 0 radical (unpaired) electrons. The van der Waals surface area contributed by atoms with Gasteiger partial charge >= 0.3 is 0 Å². The Morgan fingerprint density at radius 2 is 1.75 bits per heavy atom. The van der Waals surface area contributed by atoms with Crippen molar-refractivity contribution in [1.82, 2.24) is 14.8 Å². The fourth-order valence-corrected chi connectivity index (χ4v) is 1.85. The summed E-state index contributed by atoms with van der Waals surface area (Å²) in [7, 11) is 0. The molecule has 0 aliphatic heterocycles. The second-order valence-corrected chi connectivity index (χ2v) is 4.32. The molecule has 0 saturated carbocycles. The molecule has 0 aliphatic rings. The average Bonchev–Trinajstić information content (AvgIpc) is 2.78. The Morgan fingerprint density at radius 1 is 1.06 bits per heavy atom. The van der Waals surface area contributed by atoms with Crippen LogP contribution in [0.1, 0.15) is 44.1 Å². The van der Waals surface area contributed by atoms with Crippen LogP contribution in [0.4, 0.5) is 0 Å². The molecule has 2 rings (SSSR count). The molecule has 1 aromatic heterocycles. The topological polar surface area (TPSA) is 30.7 Å². The first-order valence-corrected chi connectivity index (χ1v) is 5.64. The first-order chi connectivity index (χ1) is 7.70. The predicted octanol–water partition coefficient (Wildman–Crippen LogP) is 3.01. The highest BCUT2D eigenvalue weighted by molar-refractivity contribution is 5.24. The van der Waals surface area contributed by atoms with Crippen LogP contribution in [0.5, 0.6) is 0 Å². The molecule has 0 aliphatic carbocycles. The highest BCUT2D eigenvalue weighted by Crippen LogP contribution is 2.23. The van der Waals surface area contributed by atoms with Crippen molar-refractivity contribution in [2.75, 3.05) is 0 Å². The predicted molar refractivity (Wildman–Crippen MR) is 64.4 cm³/mol. The number of hydrogen-bond donors (Lipinski definition) is 0. The van der Waals surface area contributed by atoms with Crippen LogP contribution in [-0.4, -0.2) is 14.8 Å². The van der Waals surface area contributed by atoms with Crippen LogP contribution in [0.3, 0.4) is 0 Å². The Kier molecular flexibility index (Phi) is 3.04. The zero-order chi connectivity index (χ0) is 11.5. The summed E-state index contributed by atoms with van der Waals surface area (Å²) in [5.41, 5.74) is 1.28. The van der Waals surface area contributed by atoms with E-state index < -0.39 is 0 Å². The van der Waals surface area contributed by atoms with Gasteiger partial charge in [-0.2, -0.15) is 0 Å². The van der Waals surface area contributed by atoms with Gasteiger partial charge in [-0.25, -0.2) is 0 Å². The molecule has 2 aromatic rings. The van der Waals surface area contributed by atoms with Crippen LogP contribution in [-0.2, 0) is 0 Å². The van der Waals surface area contributed by atoms with Gasteiger partial charge in [-0.15, -0.1) is 10.2 Å². The smallest absolute Gasteiger partial charge is 0.140 e. The van der Waals surface area contributed by atoms with Crippen LogP contribution in [0.2, 0.25) is 0 Å². The van der Waals surface area contributed by atoms with E-state index in [0.717, 1.165) is 5.82 Å². The highest BCUT2D eigenvalue weighted by Gasteiger charge is 2.16. The van der Waals surface area contributed by atoms with Crippen LogP contribution in [0.15, 0.2) is 36.7 Å². The summed E-state index contributed by atoms with van der Waals surface area (Å²) in [5.74, 6) is 1.31. The molecule has 1 heterocycles. The molecule has 1 aromatic carbocycles. The summed E-state index contributed by atoms with van der Waals surface area (Å²) in [6, 6.07) is 10.8. The van der Waals surface area contributed by atoms with Gasteiger partial charge < -0.3 is 4.57 Å². The van der Waals surface area contributed by atoms with E-state index in [1.54, 1.807) is 6.33 Å². The Morgan fingerprint density at radius 3 is 2.38 bits per heavy atom. The summed E-state index contributed by atoms with van der Waals surface area (Å²) in [6.07, 6.45) is 1.80. The van der Waals surface area contributed by atoms with Crippen molar-refractivity contribution in [2.24, 2.45) is 0 Å². The van der Waals surface area contributed by atoms with Crippen LogP contribution in [0, 0.1) is 0 Å². The second-order valence-electron chi connectivity index (χ2n) is 4.32. The van der Waals surface area contributed by atoms with Crippen molar-refractivity contribution in [3.05, 3.63) is 48.0 Å². The van der Waals surface area contributed by atoms with Gasteiger partial charge in [-0.1, -0.05) is 37.3 Å². The number of hydrogen-bond acceptors (Lipinski definition) is 2. The van der Waals surface area contributed by atoms with Crippen LogP contribution >= 0.6 is 0 Å². The SMILES string of the molecule is CC(c1ccccc1)c1nncn1C(C)C. The fourth-order valence-electron chi connectivity index (χ4n) is 1.85. The number of nitrogens with zero attached hydrogens (tertiary/aromatic N) is 3. The van der Waals surface area contributed by atoms with Gasteiger partial charge in [0.25, 0.3) is 0 Å². The summed E-state index contributed by atoms with van der Waals surface area (Å²) in [4.78, 5) is 0. The maximum absolute atomic E-state index is 4.23. The normalized spacial score (nSPS) is 13.0. The molecule has 84 valence electrons. The Bertz CT molecular complexity index is 445. The van der Waals surface area contributed by atoms with Gasteiger partial charge in [0, 0.05) is 12.0 Å². The van der Waals surface area contributed by atoms with E-state index in [-0.39, 0.29) is 5.92 Å². The third kappa shape index (κ3) is 1.98. The molecule has 0 fully saturated rings. The molecule has 3 nitrogen and oxygen atoms in total. The minimum atomic E-state index is 0.283. The van der Waals surface area contributed by atoms with Crippen molar-refractivity contribution in [3.8, 4) is 0 Å². The molecule has 3 heteroatoms. The maximum atomic E-state index is 4.23. The molecule has 0 saturated heterocycles. The molecule has 0 N–H and O–H groups in total. The van der Waals surface area contributed by atoms with E-state index in [1.807, 2.05) is 6.07 Å². The van der Waals surface area contributed by atoms with E-state index in [0.29, 0.717) is 6.04 Å². The standard InChI is InChI=1S/C13H17N3/c1-10(2)16-9-14-15-13(16)11(3)12-7-5-4-6-8-12/h4-11H,1-3H3. The first-order valence-electron chi connectivity index (χ1n) is 5.64. The molecule has 1 atom stereocenters. The van der Waals surface area contributed by atoms with Crippen molar-refractivity contribution in [1.29, 1.82) is 0 Å². The number of rotatable bonds is 3. The minimum absolute atomic E-state index is 0.283. The molecule has 0 amide bonds. The lowest BCUT2D eigenvalue weighted by atomic mass is 10.0. The van der Waals surface area contributed by atoms with Gasteiger partial charge in [-0.05, 0) is 19.4 Å². The van der Waals surface area contributed by atoms with Crippen LogP contribution in [0.25, 0.3) is 0 Å². The molecular formula is C13H17N3. The Balaban J connectivity index is 2.34. The first kappa shape index (κ1) is 10.9. The second kappa shape index (κ2) is 4.47. The van der Waals surface area contributed by atoms with Crippen molar-refractivity contribution in [3.63, 3.8) is 0 Å². The van der Waals surface area contributed by atoms with E-state index in [2.05, 4.69) is 59.8 Å². The number of aromatic nitrogens is 3. The van der Waals surface area contributed by atoms with Crippen LogP contribution < -0.4 is 0 Å². The van der Waals surface area contributed by atoms with Gasteiger partial charge in [-0.3, -0.25) is 0 Å². The van der Waals surface area contributed by atoms with E-state index in [4.69, 9.17) is 0 Å². The van der Waals surface area contributed by atoms with Crippen molar-refractivity contribution < 1.29 is 0 Å². The lowest BCUT2D eigenvalue weighted by Gasteiger charge is -2.15. The molecule has 16 heavy (non-hydrogen) atoms. The van der Waals surface area contributed by atoms with Gasteiger partial charge in [0.1, 0.15) is 12.2 Å². The van der Waals surface area contributed by atoms with E-state index in [9.17, 15) is 0 Å². The quantitative estimate of drug-likeness (QED) is 0.788. The average molecular weight is 215 g/mol. The summed E-state index contributed by atoms with van der Waals surface area (Å²) < 4.78 is 2.12. The fraction of sp³-hybridized carbons (Fsp3) is 0.385. The Labute approximate surface area is 96.1 Å². The van der Waals surface area contributed by atoms with E-state index in [1.165, 1.54) is 5.56 Å². The van der Waals surface area contributed by atoms with Crippen molar-refractivity contribution >= 4 is 0 Å². The third-order valence-corrected chi connectivity index (χ3v) is 2.84. The lowest BCUT2D eigenvalue weighted by molar-refractivity contribution is 0.557. The molecular weight excluding hydrogens is 198 g/mol. The largest absolute Gasteiger partial charge is 0.315 e. The van der Waals surface area contributed by atoms with Gasteiger partial charge in [0.15, 0.2) is 0 Å². The molecule has 0 bridgehead atoms. The van der Waals surface area contributed by atoms with Crippen molar-refractivity contribution in [2.45, 2.75) is 32.7 Å². The Hall–Kier alpha value is -1.64. The zero-order valence-electron chi connectivity index (χ0n) is 9.96. The lowest BCUT2D eigenvalue weighted by Crippen LogP contribution is -2.09. The van der Waals surface area contributed by atoms with Gasteiger partial charge in [0.05, 0.1) is 0 Å². The minimum Gasteiger partial charge on any atom is -0.315 e. The monoisotopic (exact) mass is 215 g/mol. The van der Waals surface area contributed by atoms with Gasteiger partial charge in [0.2, 0.25) is 0 Å². The maximum Gasteiger partial charge on any atom is 0.140 e.